The minimum absolute atomic E-state index is 0.0407. The van der Waals surface area contributed by atoms with Gasteiger partial charge in [0.1, 0.15) is 12.2 Å². The van der Waals surface area contributed by atoms with Gasteiger partial charge in [0.2, 0.25) is 0 Å². The molecule has 2 aliphatic heterocycles. The van der Waals surface area contributed by atoms with Crippen LogP contribution < -0.4 is 0 Å². The van der Waals surface area contributed by atoms with Crippen molar-refractivity contribution in [3.63, 3.8) is 0 Å². The number of ether oxygens (including phenoxy) is 4. The van der Waals surface area contributed by atoms with Crippen molar-refractivity contribution in [1.29, 1.82) is 0 Å². The molecule has 0 bridgehead atoms. The number of hydrogen-bond donors (Lipinski definition) is 0. The molecule has 158 valence electrons. The van der Waals surface area contributed by atoms with Crippen LogP contribution in [0.1, 0.15) is 50.0 Å². The zero-order chi connectivity index (χ0) is 20.5. The second-order valence-corrected chi connectivity index (χ2v) is 8.29. The fourth-order valence-electron chi connectivity index (χ4n) is 4.48. The highest BCUT2D eigenvalue weighted by Crippen LogP contribution is 2.42. The topological polar surface area (TPSA) is 43.5 Å². The zero-order valence-electron chi connectivity index (χ0n) is 17.8. The van der Waals surface area contributed by atoms with Crippen molar-refractivity contribution in [2.24, 2.45) is 0 Å². The van der Waals surface area contributed by atoms with Gasteiger partial charge < -0.3 is 18.9 Å². The van der Waals surface area contributed by atoms with E-state index in [0.29, 0.717) is 13.2 Å². The fraction of sp³-hybridized carbons (Fsp3) is 0.462. The van der Waals surface area contributed by atoms with Crippen molar-refractivity contribution >= 4 is 21.5 Å². The highest BCUT2D eigenvalue weighted by Gasteiger charge is 2.29. The van der Waals surface area contributed by atoms with E-state index < -0.39 is 0 Å². The van der Waals surface area contributed by atoms with E-state index in [2.05, 4.69) is 62.4 Å². The Kier molecular flexibility index (Phi) is 5.74. The summed E-state index contributed by atoms with van der Waals surface area (Å²) in [6, 6.07) is 17.4. The van der Waals surface area contributed by atoms with Gasteiger partial charge >= 0.3 is 0 Å². The number of hydrogen-bond acceptors (Lipinski definition) is 4. The van der Waals surface area contributed by atoms with Gasteiger partial charge in [-0.05, 0) is 45.5 Å². The van der Waals surface area contributed by atoms with Crippen LogP contribution in [0.5, 0.6) is 0 Å². The predicted molar refractivity (Wildman–Crippen MR) is 119 cm³/mol. The third kappa shape index (κ3) is 3.97. The first-order valence-corrected chi connectivity index (χ1v) is 11.2. The lowest BCUT2D eigenvalue weighted by molar-refractivity contribution is 0.0399. The van der Waals surface area contributed by atoms with Gasteiger partial charge in [-0.2, -0.15) is 0 Å². The first-order valence-electron chi connectivity index (χ1n) is 11.2. The lowest BCUT2D eigenvalue weighted by Crippen LogP contribution is -2.12. The van der Waals surface area contributed by atoms with Gasteiger partial charge in [0.25, 0.3) is 0 Å². The van der Waals surface area contributed by atoms with Gasteiger partial charge in [0.15, 0.2) is 0 Å². The van der Waals surface area contributed by atoms with Gasteiger partial charge in [-0.1, -0.05) is 62.4 Å². The van der Waals surface area contributed by atoms with Crippen LogP contribution in [0.15, 0.2) is 48.5 Å². The lowest BCUT2D eigenvalue weighted by atomic mass is 9.86. The third-order valence-electron chi connectivity index (χ3n) is 6.17. The summed E-state index contributed by atoms with van der Waals surface area (Å²) in [5.41, 5.74) is 2.57. The molecule has 0 saturated carbocycles. The first-order chi connectivity index (χ1) is 14.8. The Balaban J connectivity index is 1.66. The van der Waals surface area contributed by atoms with Crippen molar-refractivity contribution in [2.45, 2.75) is 51.1 Å². The minimum atomic E-state index is 0.0407. The van der Waals surface area contributed by atoms with Crippen LogP contribution in [0.25, 0.3) is 21.5 Å². The second-order valence-electron chi connectivity index (χ2n) is 8.29. The average Bonchev–Trinajstić information content (AvgIpc) is 3.70. The number of fused-ring (bicyclic) bond motifs is 2. The normalized spacial score (nSPS) is 22.3. The molecule has 5 rings (SSSR count). The summed E-state index contributed by atoms with van der Waals surface area (Å²) in [6.07, 6.45) is 2.45. The van der Waals surface area contributed by atoms with Gasteiger partial charge in [0, 0.05) is 0 Å². The van der Waals surface area contributed by atoms with E-state index in [4.69, 9.17) is 18.9 Å². The molecule has 30 heavy (non-hydrogen) atoms. The Morgan fingerprint density at radius 1 is 0.700 bits per heavy atom. The summed E-state index contributed by atoms with van der Waals surface area (Å²) in [5, 5.41) is 5.05. The van der Waals surface area contributed by atoms with Crippen LogP contribution in [0.4, 0.5) is 0 Å². The summed E-state index contributed by atoms with van der Waals surface area (Å²) < 4.78 is 23.5. The summed E-state index contributed by atoms with van der Waals surface area (Å²) >= 11 is 0. The maximum absolute atomic E-state index is 6.36. The Morgan fingerprint density at radius 2 is 1.03 bits per heavy atom. The molecule has 4 heteroatoms. The molecule has 4 atom stereocenters. The molecule has 2 heterocycles. The highest BCUT2D eigenvalue weighted by atomic mass is 16.6. The summed E-state index contributed by atoms with van der Waals surface area (Å²) in [4.78, 5) is 0. The molecule has 4 nitrogen and oxygen atoms in total. The van der Waals surface area contributed by atoms with Gasteiger partial charge in [-0.15, -0.1) is 0 Å². The molecule has 0 radical (unpaired) electrons. The molecule has 4 unspecified atom stereocenters. The van der Waals surface area contributed by atoms with Crippen LogP contribution in [0.3, 0.4) is 0 Å². The zero-order valence-corrected chi connectivity index (χ0v) is 17.8. The molecule has 3 aromatic carbocycles. The van der Waals surface area contributed by atoms with Crippen molar-refractivity contribution in [2.75, 3.05) is 26.4 Å². The van der Waals surface area contributed by atoms with Crippen LogP contribution >= 0.6 is 0 Å². The van der Waals surface area contributed by atoms with E-state index in [1.807, 2.05) is 0 Å². The second kappa shape index (κ2) is 8.64. The number of epoxide rings is 2. The van der Waals surface area contributed by atoms with Gasteiger partial charge in [0.05, 0.1) is 38.6 Å². The summed E-state index contributed by atoms with van der Waals surface area (Å²) in [5.74, 6) is 0. The molecular formula is C26H30O4. The van der Waals surface area contributed by atoms with Crippen molar-refractivity contribution in [3.05, 3.63) is 59.7 Å². The highest BCUT2D eigenvalue weighted by molar-refractivity contribution is 6.06. The quantitative estimate of drug-likeness (QED) is 0.319. The largest absolute Gasteiger partial charge is 0.371 e. The molecule has 0 amide bonds. The standard InChI is InChI=1S/C26H30O4/c1-3-23(29-15-17-13-27-17)25-19-9-5-7-11-21(19)26(22-12-8-6-10-20(22)25)24(4-2)30-16-18-14-28-18/h5-12,17-18,23-24H,3-4,13-16H2,1-2H3. The monoisotopic (exact) mass is 406 g/mol. The van der Waals surface area contributed by atoms with Crippen LogP contribution in [-0.2, 0) is 18.9 Å². The van der Waals surface area contributed by atoms with E-state index in [1.54, 1.807) is 0 Å². The number of rotatable bonds is 10. The Morgan fingerprint density at radius 3 is 1.30 bits per heavy atom. The first kappa shape index (κ1) is 20.0. The summed E-state index contributed by atoms with van der Waals surface area (Å²) in [7, 11) is 0. The van der Waals surface area contributed by atoms with E-state index in [-0.39, 0.29) is 24.4 Å². The van der Waals surface area contributed by atoms with E-state index in [0.717, 1.165) is 26.1 Å². The van der Waals surface area contributed by atoms with Crippen LogP contribution in [0, 0.1) is 0 Å². The maximum Gasteiger partial charge on any atom is 0.104 e. The average molecular weight is 407 g/mol. The Labute approximate surface area is 178 Å². The summed E-state index contributed by atoms with van der Waals surface area (Å²) in [6.45, 7) is 7.34. The third-order valence-corrected chi connectivity index (χ3v) is 6.17. The van der Waals surface area contributed by atoms with Gasteiger partial charge in [-0.3, -0.25) is 0 Å². The molecule has 2 saturated heterocycles. The SMILES string of the molecule is CCC(OCC1CO1)c1c2ccccc2c(C(CC)OCC2CO2)c2ccccc12. The van der Waals surface area contributed by atoms with E-state index in [9.17, 15) is 0 Å². The molecule has 3 aromatic rings. The molecule has 2 aliphatic rings. The minimum Gasteiger partial charge on any atom is -0.371 e. The van der Waals surface area contributed by atoms with Gasteiger partial charge in [-0.25, -0.2) is 0 Å². The molecule has 0 spiro atoms. The van der Waals surface area contributed by atoms with E-state index in [1.165, 1.54) is 32.7 Å². The molecule has 0 aliphatic carbocycles. The smallest absolute Gasteiger partial charge is 0.104 e. The van der Waals surface area contributed by atoms with Crippen LogP contribution in [0.2, 0.25) is 0 Å². The predicted octanol–water partition coefficient (Wildman–Crippen LogP) is 5.73. The molecular weight excluding hydrogens is 376 g/mol. The maximum atomic E-state index is 6.36. The fourth-order valence-corrected chi connectivity index (χ4v) is 4.48. The number of benzene rings is 3. The van der Waals surface area contributed by atoms with Crippen LogP contribution in [-0.4, -0.2) is 38.6 Å². The lowest BCUT2D eigenvalue weighted by Gasteiger charge is -2.26. The Bertz CT molecular complexity index is 883. The molecule has 0 N–H and O–H groups in total. The van der Waals surface area contributed by atoms with Crippen molar-refractivity contribution in [1.82, 2.24) is 0 Å². The van der Waals surface area contributed by atoms with Crippen molar-refractivity contribution < 1.29 is 18.9 Å². The van der Waals surface area contributed by atoms with Crippen molar-refractivity contribution in [3.8, 4) is 0 Å². The molecule has 2 fully saturated rings. The Hall–Kier alpha value is -1.98. The molecule has 0 aromatic heterocycles. The van der Waals surface area contributed by atoms with E-state index >= 15 is 0 Å².